The zero-order valence-corrected chi connectivity index (χ0v) is 7.23. The molecule has 1 fully saturated rings. The summed E-state index contributed by atoms with van der Waals surface area (Å²) in [5.74, 6) is -0.468. The minimum atomic E-state index is -0.468. The first kappa shape index (κ1) is 8.25. The molecule has 1 atom stereocenters. The summed E-state index contributed by atoms with van der Waals surface area (Å²) in [5, 5.41) is 3.24. The van der Waals surface area contributed by atoms with E-state index in [2.05, 4.69) is 10.3 Å². The second-order valence-corrected chi connectivity index (χ2v) is 3.22. The average molecular weight is 180 g/mol. The van der Waals surface area contributed by atoms with E-state index in [0.29, 0.717) is 11.7 Å². The van der Waals surface area contributed by atoms with Gasteiger partial charge in [-0.1, -0.05) is 0 Å². The van der Waals surface area contributed by atoms with E-state index in [0.717, 1.165) is 19.5 Å². The second kappa shape index (κ2) is 3.18. The number of amides is 1. The molecular weight excluding hydrogens is 168 g/mol. The quantitative estimate of drug-likeness (QED) is 0.645. The van der Waals surface area contributed by atoms with E-state index in [1.807, 2.05) is 4.57 Å². The molecule has 1 aliphatic heterocycles. The lowest BCUT2D eigenvalue weighted by Gasteiger charge is -2.08. The van der Waals surface area contributed by atoms with Crippen LogP contribution in [0.4, 0.5) is 0 Å². The predicted molar refractivity (Wildman–Crippen MR) is 47.3 cm³/mol. The van der Waals surface area contributed by atoms with Gasteiger partial charge in [0.15, 0.2) is 0 Å². The van der Waals surface area contributed by atoms with Crippen LogP contribution in [0.1, 0.15) is 23.0 Å². The van der Waals surface area contributed by atoms with Crippen molar-refractivity contribution in [1.82, 2.24) is 14.9 Å². The van der Waals surface area contributed by atoms with Gasteiger partial charge in [0.25, 0.3) is 5.91 Å². The molecular formula is C8H12N4O. The fourth-order valence-corrected chi connectivity index (χ4v) is 1.56. The smallest absolute Gasteiger partial charge is 0.268 e. The zero-order valence-electron chi connectivity index (χ0n) is 7.23. The first-order chi connectivity index (χ1) is 6.27. The SMILES string of the molecule is NC(=O)c1cn(C2CCNC2)cn1. The van der Waals surface area contributed by atoms with Gasteiger partial charge in [-0.3, -0.25) is 4.79 Å². The van der Waals surface area contributed by atoms with Crippen molar-refractivity contribution in [2.45, 2.75) is 12.5 Å². The number of rotatable bonds is 2. The molecule has 13 heavy (non-hydrogen) atoms. The molecule has 2 heterocycles. The van der Waals surface area contributed by atoms with E-state index in [1.165, 1.54) is 0 Å². The molecule has 0 aliphatic carbocycles. The van der Waals surface area contributed by atoms with Gasteiger partial charge in [-0.15, -0.1) is 0 Å². The fraction of sp³-hybridized carbons (Fsp3) is 0.500. The van der Waals surface area contributed by atoms with E-state index in [4.69, 9.17) is 5.73 Å². The molecule has 5 heteroatoms. The molecule has 5 nitrogen and oxygen atoms in total. The van der Waals surface area contributed by atoms with Crippen molar-refractivity contribution in [3.8, 4) is 0 Å². The van der Waals surface area contributed by atoms with Gasteiger partial charge in [-0.25, -0.2) is 4.98 Å². The van der Waals surface area contributed by atoms with Crippen LogP contribution in [-0.2, 0) is 0 Å². The molecule has 1 aromatic heterocycles. The molecule has 0 radical (unpaired) electrons. The maximum Gasteiger partial charge on any atom is 0.268 e. The molecule has 0 bridgehead atoms. The monoisotopic (exact) mass is 180 g/mol. The van der Waals surface area contributed by atoms with Crippen LogP contribution in [0.2, 0.25) is 0 Å². The van der Waals surface area contributed by atoms with Gasteiger partial charge in [0.2, 0.25) is 0 Å². The first-order valence-electron chi connectivity index (χ1n) is 4.31. The minimum absolute atomic E-state index is 0.340. The van der Waals surface area contributed by atoms with Gasteiger partial charge in [0, 0.05) is 18.8 Å². The highest BCUT2D eigenvalue weighted by atomic mass is 16.1. The van der Waals surface area contributed by atoms with Gasteiger partial charge >= 0.3 is 0 Å². The molecule has 1 amide bonds. The molecule has 70 valence electrons. The number of nitrogens with two attached hydrogens (primary N) is 1. The zero-order chi connectivity index (χ0) is 9.26. The second-order valence-electron chi connectivity index (χ2n) is 3.22. The number of aromatic nitrogens is 2. The predicted octanol–water partition coefficient (Wildman–Crippen LogP) is -0.484. The molecule has 1 aliphatic rings. The number of hydrogen-bond acceptors (Lipinski definition) is 3. The number of nitrogens with one attached hydrogen (secondary N) is 1. The number of hydrogen-bond donors (Lipinski definition) is 2. The normalized spacial score (nSPS) is 22.0. The number of nitrogens with zero attached hydrogens (tertiary/aromatic N) is 2. The third kappa shape index (κ3) is 1.55. The third-order valence-electron chi connectivity index (χ3n) is 2.31. The lowest BCUT2D eigenvalue weighted by atomic mass is 10.2. The molecule has 0 spiro atoms. The van der Waals surface area contributed by atoms with Crippen molar-refractivity contribution in [1.29, 1.82) is 0 Å². The maximum atomic E-state index is 10.8. The summed E-state index contributed by atoms with van der Waals surface area (Å²) in [4.78, 5) is 14.7. The standard InChI is InChI=1S/C8H12N4O/c9-8(13)7-4-12(5-11-7)6-1-2-10-3-6/h4-6,10H,1-3H2,(H2,9,13). The largest absolute Gasteiger partial charge is 0.364 e. The summed E-state index contributed by atoms with van der Waals surface area (Å²) in [6, 6.07) is 0.417. The number of primary amides is 1. The van der Waals surface area contributed by atoms with Crippen molar-refractivity contribution < 1.29 is 4.79 Å². The van der Waals surface area contributed by atoms with Crippen LogP contribution in [0, 0.1) is 0 Å². The summed E-state index contributed by atoms with van der Waals surface area (Å²) < 4.78 is 1.94. The summed E-state index contributed by atoms with van der Waals surface area (Å²) >= 11 is 0. The van der Waals surface area contributed by atoms with Gasteiger partial charge in [-0.2, -0.15) is 0 Å². The van der Waals surface area contributed by atoms with E-state index >= 15 is 0 Å². The summed E-state index contributed by atoms with van der Waals surface area (Å²) in [6.45, 7) is 1.96. The van der Waals surface area contributed by atoms with Gasteiger partial charge in [0.05, 0.1) is 6.33 Å². The lowest BCUT2D eigenvalue weighted by molar-refractivity contribution is 0.0996. The fourth-order valence-electron chi connectivity index (χ4n) is 1.56. The molecule has 2 rings (SSSR count). The molecule has 1 unspecified atom stereocenters. The van der Waals surface area contributed by atoms with Crippen LogP contribution < -0.4 is 11.1 Å². The summed E-state index contributed by atoms with van der Waals surface area (Å²) in [7, 11) is 0. The third-order valence-corrected chi connectivity index (χ3v) is 2.31. The lowest BCUT2D eigenvalue weighted by Crippen LogP contribution is -2.13. The minimum Gasteiger partial charge on any atom is -0.364 e. The Balaban J connectivity index is 2.16. The first-order valence-corrected chi connectivity index (χ1v) is 4.31. The Labute approximate surface area is 75.9 Å². The highest BCUT2D eigenvalue weighted by molar-refractivity contribution is 5.90. The van der Waals surface area contributed by atoms with Gasteiger partial charge < -0.3 is 15.6 Å². The molecule has 0 aromatic carbocycles. The number of imidazole rings is 1. The summed E-state index contributed by atoms with van der Waals surface area (Å²) in [6.07, 6.45) is 4.45. The van der Waals surface area contributed by atoms with E-state index in [9.17, 15) is 4.79 Å². The molecule has 3 N–H and O–H groups in total. The van der Waals surface area contributed by atoms with Crippen molar-refractivity contribution >= 4 is 5.91 Å². The van der Waals surface area contributed by atoms with E-state index in [1.54, 1.807) is 12.5 Å². The highest BCUT2D eigenvalue weighted by Gasteiger charge is 2.17. The Morgan fingerprint density at radius 2 is 2.62 bits per heavy atom. The topological polar surface area (TPSA) is 72.9 Å². The highest BCUT2D eigenvalue weighted by Crippen LogP contribution is 2.14. The Morgan fingerprint density at radius 1 is 1.77 bits per heavy atom. The number of carbonyl (C=O) groups is 1. The van der Waals surface area contributed by atoms with E-state index < -0.39 is 5.91 Å². The van der Waals surface area contributed by atoms with Crippen molar-refractivity contribution in [3.05, 3.63) is 18.2 Å². The maximum absolute atomic E-state index is 10.8. The Hall–Kier alpha value is -1.36. The Kier molecular flexibility index (Phi) is 2.02. The number of carbonyl (C=O) groups excluding carboxylic acids is 1. The molecule has 1 saturated heterocycles. The van der Waals surface area contributed by atoms with Crippen LogP contribution in [0.5, 0.6) is 0 Å². The summed E-state index contributed by atoms with van der Waals surface area (Å²) in [5.41, 5.74) is 5.44. The van der Waals surface area contributed by atoms with Crippen LogP contribution in [-0.4, -0.2) is 28.5 Å². The van der Waals surface area contributed by atoms with Crippen LogP contribution in [0.15, 0.2) is 12.5 Å². The van der Waals surface area contributed by atoms with Crippen molar-refractivity contribution in [3.63, 3.8) is 0 Å². The van der Waals surface area contributed by atoms with Gasteiger partial charge in [0.1, 0.15) is 5.69 Å². The van der Waals surface area contributed by atoms with Crippen LogP contribution in [0.25, 0.3) is 0 Å². The molecule has 1 aromatic rings. The average Bonchev–Trinajstić information content (AvgIpc) is 2.75. The Bertz CT molecular complexity index is 314. The van der Waals surface area contributed by atoms with E-state index in [-0.39, 0.29) is 0 Å². The van der Waals surface area contributed by atoms with Crippen molar-refractivity contribution in [2.24, 2.45) is 5.73 Å². The van der Waals surface area contributed by atoms with Crippen LogP contribution >= 0.6 is 0 Å². The molecule has 0 saturated carbocycles. The Morgan fingerprint density at radius 3 is 3.15 bits per heavy atom. The van der Waals surface area contributed by atoms with Crippen LogP contribution in [0.3, 0.4) is 0 Å². The van der Waals surface area contributed by atoms with Crippen molar-refractivity contribution in [2.75, 3.05) is 13.1 Å². The van der Waals surface area contributed by atoms with Gasteiger partial charge in [-0.05, 0) is 13.0 Å².